The molecule has 0 aromatic heterocycles. The summed E-state index contributed by atoms with van der Waals surface area (Å²) in [7, 11) is 0. The standard InChI is InChI=1S/C21H33N3O/c1-17-12-19(15-24(17)14-18-8-4-2-5-9-18)23-20(25)13-21(16-22)10-6-3-7-11-21/h2,4-5,8-9,17,19H,3,6-7,10-16,22H2,1H3,(H,23,25). The number of carbonyl (C=O) groups is 1. The summed E-state index contributed by atoms with van der Waals surface area (Å²) in [5, 5.41) is 3.30. The fourth-order valence-corrected chi connectivity index (χ4v) is 4.62. The maximum absolute atomic E-state index is 12.6. The number of hydrogen-bond donors (Lipinski definition) is 2. The summed E-state index contributed by atoms with van der Waals surface area (Å²) >= 11 is 0. The maximum Gasteiger partial charge on any atom is 0.220 e. The van der Waals surface area contributed by atoms with Crippen LogP contribution in [0.25, 0.3) is 0 Å². The van der Waals surface area contributed by atoms with Gasteiger partial charge in [0.15, 0.2) is 0 Å². The molecular formula is C21H33N3O. The molecule has 0 bridgehead atoms. The van der Waals surface area contributed by atoms with Crippen molar-refractivity contribution < 1.29 is 4.79 Å². The van der Waals surface area contributed by atoms with Gasteiger partial charge in [0, 0.05) is 31.6 Å². The Hall–Kier alpha value is -1.39. The first-order chi connectivity index (χ1) is 12.1. The highest BCUT2D eigenvalue weighted by Crippen LogP contribution is 2.38. The Morgan fingerprint density at radius 3 is 2.64 bits per heavy atom. The van der Waals surface area contributed by atoms with E-state index in [2.05, 4.69) is 47.5 Å². The van der Waals surface area contributed by atoms with E-state index in [4.69, 9.17) is 5.73 Å². The molecule has 1 amide bonds. The lowest BCUT2D eigenvalue weighted by Gasteiger charge is -2.36. The van der Waals surface area contributed by atoms with Crippen LogP contribution in [0.15, 0.2) is 30.3 Å². The normalized spacial score (nSPS) is 26.5. The van der Waals surface area contributed by atoms with Gasteiger partial charge in [-0.15, -0.1) is 0 Å². The van der Waals surface area contributed by atoms with E-state index in [0.29, 0.717) is 19.0 Å². The van der Waals surface area contributed by atoms with E-state index < -0.39 is 0 Å². The first-order valence-electron chi connectivity index (χ1n) is 9.88. The Kier molecular flexibility index (Phi) is 6.13. The van der Waals surface area contributed by atoms with Crippen LogP contribution in [-0.4, -0.2) is 36.0 Å². The molecule has 2 fully saturated rings. The molecule has 1 saturated carbocycles. The van der Waals surface area contributed by atoms with Gasteiger partial charge in [0.25, 0.3) is 0 Å². The molecule has 2 unspecified atom stereocenters. The van der Waals surface area contributed by atoms with Gasteiger partial charge in [-0.2, -0.15) is 0 Å². The molecule has 138 valence electrons. The van der Waals surface area contributed by atoms with E-state index in [1.165, 1.54) is 24.8 Å². The van der Waals surface area contributed by atoms with E-state index >= 15 is 0 Å². The number of amides is 1. The molecule has 0 radical (unpaired) electrons. The molecule has 1 saturated heterocycles. The second-order valence-corrected chi connectivity index (χ2v) is 8.21. The Balaban J connectivity index is 1.50. The van der Waals surface area contributed by atoms with Crippen LogP contribution in [-0.2, 0) is 11.3 Å². The van der Waals surface area contributed by atoms with Gasteiger partial charge >= 0.3 is 0 Å². The third-order valence-electron chi connectivity index (χ3n) is 6.18. The molecule has 3 N–H and O–H groups in total. The van der Waals surface area contributed by atoms with Crippen molar-refractivity contribution in [2.45, 2.75) is 70.5 Å². The molecule has 4 heteroatoms. The summed E-state index contributed by atoms with van der Waals surface area (Å²) in [6.07, 6.45) is 7.58. The van der Waals surface area contributed by atoms with Crippen molar-refractivity contribution >= 4 is 5.91 Å². The quantitative estimate of drug-likeness (QED) is 0.834. The van der Waals surface area contributed by atoms with Gasteiger partial charge in [-0.1, -0.05) is 49.6 Å². The molecule has 0 spiro atoms. The number of carbonyl (C=O) groups excluding carboxylic acids is 1. The molecule has 1 heterocycles. The van der Waals surface area contributed by atoms with Crippen LogP contribution in [0.1, 0.15) is 57.4 Å². The van der Waals surface area contributed by atoms with Crippen LogP contribution < -0.4 is 11.1 Å². The van der Waals surface area contributed by atoms with Crippen molar-refractivity contribution in [3.05, 3.63) is 35.9 Å². The third-order valence-corrected chi connectivity index (χ3v) is 6.18. The highest BCUT2D eigenvalue weighted by molar-refractivity contribution is 5.77. The van der Waals surface area contributed by atoms with Crippen LogP contribution in [0.2, 0.25) is 0 Å². The van der Waals surface area contributed by atoms with E-state index in [1.807, 2.05) is 0 Å². The van der Waals surface area contributed by atoms with Crippen LogP contribution in [0.4, 0.5) is 0 Å². The van der Waals surface area contributed by atoms with E-state index in [0.717, 1.165) is 32.4 Å². The Morgan fingerprint density at radius 1 is 1.24 bits per heavy atom. The molecule has 1 aliphatic heterocycles. The average Bonchev–Trinajstić information content (AvgIpc) is 2.95. The molecular weight excluding hydrogens is 310 g/mol. The second-order valence-electron chi connectivity index (χ2n) is 8.21. The highest BCUT2D eigenvalue weighted by atomic mass is 16.1. The average molecular weight is 344 g/mol. The molecule has 1 aromatic carbocycles. The lowest BCUT2D eigenvalue weighted by Crippen LogP contribution is -2.42. The van der Waals surface area contributed by atoms with E-state index in [1.54, 1.807) is 0 Å². The van der Waals surface area contributed by atoms with Crippen molar-refractivity contribution in [2.75, 3.05) is 13.1 Å². The summed E-state index contributed by atoms with van der Waals surface area (Å²) in [6.45, 7) is 4.80. The minimum Gasteiger partial charge on any atom is -0.352 e. The van der Waals surface area contributed by atoms with Gasteiger partial charge in [-0.25, -0.2) is 0 Å². The lowest BCUT2D eigenvalue weighted by molar-refractivity contribution is -0.124. The van der Waals surface area contributed by atoms with Crippen molar-refractivity contribution in [1.29, 1.82) is 0 Å². The summed E-state index contributed by atoms with van der Waals surface area (Å²) < 4.78 is 0. The molecule has 1 aromatic rings. The summed E-state index contributed by atoms with van der Waals surface area (Å²) in [5.41, 5.74) is 7.43. The van der Waals surface area contributed by atoms with Crippen molar-refractivity contribution in [3.8, 4) is 0 Å². The minimum absolute atomic E-state index is 0.0519. The Labute approximate surface area is 152 Å². The fraction of sp³-hybridized carbons (Fsp3) is 0.667. The monoisotopic (exact) mass is 343 g/mol. The van der Waals surface area contributed by atoms with Crippen LogP contribution in [0.5, 0.6) is 0 Å². The Bertz CT molecular complexity index is 554. The highest BCUT2D eigenvalue weighted by Gasteiger charge is 2.35. The number of nitrogens with zero attached hydrogens (tertiary/aromatic N) is 1. The molecule has 2 atom stereocenters. The zero-order chi connectivity index (χ0) is 17.7. The number of nitrogens with two attached hydrogens (primary N) is 1. The number of likely N-dealkylation sites (tertiary alicyclic amines) is 1. The van der Waals surface area contributed by atoms with Crippen molar-refractivity contribution in [1.82, 2.24) is 10.2 Å². The number of hydrogen-bond acceptors (Lipinski definition) is 3. The van der Waals surface area contributed by atoms with Crippen LogP contribution in [0.3, 0.4) is 0 Å². The van der Waals surface area contributed by atoms with Crippen LogP contribution in [0, 0.1) is 5.41 Å². The molecule has 4 nitrogen and oxygen atoms in total. The zero-order valence-corrected chi connectivity index (χ0v) is 15.5. The van der Waals surface area contributed by atoms with Gasteiger partial charge in [0.05, 0.1) is 0 Å². The number of rotatable bonds is 6. The lowest BCUT2D eigenvalue weighted by atomic mass is 9.71. The minimum atomic E-state index is 0.0519. The summed E-state index contributed by atoms with van der Waals surface area (Å²) in [5.74, 6) is 0.200. The largest absolute Gasteiger partial charge is 0.352 e. The predicted molar refractivity (Wildman–Crippen MR) is 102 cm³/mol. The van der Waals surface area contributed by atoms with Gasteiger partial charge in [0.2, 0.25) is 5.91 Å². The molecule has 25 heavy (non-hydrogen) atoms. The molecule has 2 aliphatic rings. The number of nitrogens with one attached hydrogen (secondary N) is 1. The third kappa shape index (κ3) is 4.83. The topological polar surface area (TPSA) is 58.4 Å². The predicted octanol–water partition coefficient (Wildman–Crippen LogP) is 3.06. The van der Waals surface area contributed by atoms with Gasteiger partial charge in [0.1, 0.15) is 0 Å². The van der Waals surface area contributed by atoms with Gasteiger partial charge < -0.3 is 11.1 Å². The first kappa shape index (κ1) is 18.4. The molecule has 1 aliphatic carbocycles. The fourth-order valence-electron chi connectivity index (χ4n) is 4.62. The van der Waals surface area contributed by atoms with Gasteiger partial charge in [-0.05, 0) is 43.7 Å². The number of benzene rings is 1. The van der Waals surface area contributed by atoms with E-state index in [-0.39, 0.29) is 17.4 Å². The zero-order valence-electron chi connectivity index (χ0n) is 15.5. The van der Waals surface area contributed by atoms with E-state index in [9.17, 15) is 4.79 Å². The van der Waals surface area contributed by atoms with Crippen LogP contribution >= 0.6 is 0 Å². The SMILES string of the molecule is CC1CC(NC(=O)CC2(CN)CCCCC2)CN1Cc1ccccc1. The second kappa shape index (κ2) is 8.33. The van der Waals surface area contributed by atoms with Gasteiger partial charge in [-0.3, -0.25) is 9.69 Å². The molecule has 3 rings (SSSR count). The van der Waals surface area contributed by atoms with Crippen molar-refractivity contribution in [3.63, 3.8) is 0 Å². The maximum atomic E-state index is 12.6. The van der Waals surface area contributed by atoms with Crippen molar-refractivity contribution in [2.24, 2.45) is 11.1 Å². The smallest absolute Gasteiger partial charge is 0.220 e. The first-order valence-corrected chi connectivity index (χ1v) is 9.88. The summed E-state index contributed by atoms with van der Waals surface area (Å²) in [4.78, 5) is 15.1. The Morgan fingerprint density at radius 2 is 1.96 bits per heavy atom. The summed E-state index contributed by atoms with van der Waals surface area (Å²) in [6, 6.07) is 11.4.